The minimum absolute atomic E-state index is 0.181. The van der Waals surface area contributed by atoms with Gasteiger partial charge in [-0.2, -0.15) is 0 Å². The lowest BCUT2D eigenvalue weighted by molar-refractivity contribution is -0.129. The number of aliphatic hydroxyl groups excluding tert-OH is 1. The third kappa shape index (κ3) is 3.53. The molecule has 0 saturated heterocycles. The average molecular weight is 451 g/mol. The van der Waals surface area contributed by atoms with Crippen molar-refractivity contribution in [1.82, 2.24) is 14.5 Å². The highest BCUT2D eigenvalue weighted by Crippen LogP contribution is 2.41. The van der Waals surface area contributed by atoms with E-state index in [0.717, 1.165) is 40.7 Å². The molecule has 2 aliphatic heterocycles. The first-order chi connectivity index (χ1) is 15.9. The van der Waals surface area contributed by atoms with Crippen molar-refractivity contribution >= 4 is 17.4 Å². The van der Waals surface area contributed by atoms with Gasteiger partial charge in [0.05, 0.1) is 35.1 Å². The minimum atomic E-state index is -0.902. The molecular weight excluding hydrogens is 426 g/mol. The van der Waals surface area contributed by atoms with Crippen LogP contribution in [0.5, 0.6) is 11.5 Å². The number of hydrogen-bond donors (Lipinski definition) is 1. The van der Waals surface area contributed by atoms with Crippen LogP contribution in [0.4, 0.5) is 0 Å². The smallest absolute Gasteiger partial charge is 0.293 e. The number of pyridine rings is 2. The number of aliphatic hydroxyl groups is 1. The molecule has 1 aromatic carbocycles. The molecule has 2 aromatic heterocycles. The number of ether oxygens (including phenoxy) is 3. The van der Waals surface area contributed by atoms with Crippen molar-refractivity contribution in [3.63, 3.8) is 0 Å². The van der Waals surface area contributed by atoms with E-state index in [4.69, 9.17) is 19.2 Å². The Bertz CT molecular complexity index is 1330. The van der Waals surface area contributed by atoms with Crippen LogP contribution < -0.4 is 15.0 Å². The first-order valence-electron chi connectivity index (χ1n) is 10.8. The van der Waals surface area contributed by atoms with Gasteiger partial charge in [0.2, 0.25) is 6.79 Å². The van der Waals surface area contributed by atoms with Gasteiger partial charge in [0.25, 0.3) is 12.0 Å². The van der Waals surface area contributed by atoms with Crippen LogP contribution in [0.1, 0.15) is 35.3 Å². The Morgan fingerprint density at radius 2 is 2.00 bits per heavy atom. The van der Waals surface area contributed by atoms with E-state index in [1.165, 1.54) is 0 Å². The number of rotatable bonds is 7. The van der Waals surface area contributed by atoms with E-state index in [1.807, 2.05) is 26.2 Å². The number of nitrogens with zero attached hydrogens (tertiary/aromatic N) is 3. The summed E-state index contributed by atoms with van der Waals surface area (Å²) in [7, 11) is 4.04. The van der Waals surface area contributed by atoms with E-state index >= 15 is 0 Å². The predicted octanol–water partition coefficient (Wildman–Crippen LogP) is 1.98. The van der Waals surface area contributed by atoms with E-state index in [9.17, 15) is 14.7 Å². The van der Waals surface area contributed by atoms with Crippen LogP contribution in [0.3, 0.4) is 0 Å². The van der Waals surface area contributed by atoms with E-state index < -0.39 is 6.10 Å². The van der Waals surface area contributed by atoms with Gasteiger partial charge in [-0.3, -0.25) is 9.59 Å². The van der Waals surface area contributed by atoms with Crippen LogP contribution >= 0.6 is 0 Å². The number of fused-ring (bicyclic) bond motifs is 5. The zero-order valence-electron chi connectivity index (χ0n) is 18.8. The molecule has 9 heteroatoms. The van der Waals surface area contributed by atoms with Gasteiger partial charge in [0.15, 0.2) is 11.5 Å². The molecule has 5 rings (SSSR count). The predicted molar refractivity (Wildman–Crippen MR) is 120 cm³/mol. The molecule has 3 aromatic rings. The summed E-state index contributed by atoms with van der Waals surface area (Å²) in [6, 6.07) is 5.62. The van der Waals surface area contributed by atoms with Gasteiger partial charge in [0, 0.05) is 23.6 Å². The summed E-state index contributed by atoms with van der Waals surface area (Å²) in [5.74, 6) is 1.34. The maximum absolute atomic E-state index is 13.4. The number of hydrogen-bond acceptors (Lipinski definition) is 8. The lowest BCUT2D eigenvalue weighted by Crippen LogP contribution is -2.26. The molecule has 1 atom stereocenters. The number of benzene rings is 1. The second-order valence-corrected chi connectivity index (χ2v) is 8.63. The van der Waals surface area contributed by atoms with Crippen molar-refractivity contribution in [1.29, 1.82) is 0 Å². The molecule has 0 fully saturated rings. The Labute approximate surface area is 190 Å². The van der Waals surface area contributed by atoms with Crippen LogP contribution in [-0.2, 0) is 29.1 Å². The van der Waals surface area contributed by atoms with Gasteiger partial charge in [-0.25, -0.2) is 4.98 Å². The summed E-state index contributed by atoms with van der Waals surface area (Å²) in [6.45, 7) is 3.06. The Morgan fingerprint density at radius 1 is 1.24 bits per heavy atom. The Hall–Kier alpha value is -3.43. The third-order valence-electron chi connectivity index (χ3n) is 6.25. The second kappa shape index (κ2) is 8.17. The van der Waals surface area contributed by atoms with Crippen LogP contribution in [0.25, 0.3) is 22.3 Å². The van der Waals surface area contributed by atoms with Crippen molar-refractivity contribution in [3.05, 3.63) is 50.8 Å². The summed E-state index contributed by atoms with van der Waals surface area (Å²) >= 11 is 0. The summed E-state index contributed by atoms with van der Waals surface area (Å²) in [4.78, 5) is 31.1. The maximum Gasteiger partial charge on any atom is 0.293 e. The van der Waals surface area contributed by atoms with E-state index in [0.29, 0.717) is 35.8 Å². The molecule has 172 valence electrons. The van der Waals surface area contributed by atoms with E-state index in [2.05, 4.69) is 4.90 Å². The molecule has 0 spiro atoms. The Morgan fingerprint density at radius 3 is 2.70 bits per heavy atom. The van der Waals surface area contributed by atoms with Gasteiger partial charge >= 0.3 is 0 Å². The van der Waals surface area contributed by atoms with Crippen molar-refractivity contribution in [2.75, 3.05) is 27.4 Å². The van der Waals surface area contributed by atoms with Gasteiger partial charge in [-0.1, -0.05) is 0 Å². The van der Waals surface area contributed by atoms with Crippen molar-refractivity contribution < 1.29 is 24.1 Å². The zero-order chi connectivity index (χ0) is 23.3. The van der Waals surface area contributed by atoms with E-state index in [1.54, 1.807) is 17.6 Å². The largest absolute Gasteiger partial charge is 0.463 e. The highest BCUT2D eigenvalue weighted by Gasteiger charge is 2.30. The molecule has 33 heavy (non-hydrogen) atoms. The van der Waals surface area contributed by atoms with Gasteiger partial charge in [-0.05, 0) is 50.7 Å². The highest BCUT2D eigenvalue weighted by atomic mass is 16.7. The Balaban J connectivity index is 1.75. The lowest BCUT2D eigenvalue weighted by Gasteiger charge is -2.15. The molecule has 1 unspecified atom stereocenters. The van der Waals surface area contributed by atoms with Gasteiger partial charge in [-0.15, -0.1) is 0 Å². The third-order valence-corrected chi connectivity index (χ3v) is 6.25. The normalized spacial score (nSPS) is 14.5. The summed E-state index contributed by atoms with van der Waals surface area (Å²) in [6.07, 6.45) is -0.137. The standard InChI is InChI=1S/C24H25N3O6/c1-13(29)15-6-20-23-17(9-27(20)24(30)18(15)10-31-11-28)14(4-5-26(2)3)16-7-21-22(33-12-32-21)8-19(16)25-23/h6-8,11,13,29H,4-5,9-10,12H2,1-3H3. The zero-order valence-corrected chi connectivity index (χ0v) is 18.8. The van der Waals surface area contributed by atoms with Gasteiger partial charge < -0.3 is 28.8 Å². The van der Waals surface area contributed by atoms with Crippen molar-refractivity contribution in [2.45, 2.75) is 32.6 Å². The Kier molecular flexibility index (Phi) is 5.30. The minimum Gasteiger partial charge on any atom is -0.463 e. The molecule has 1 N–H and O–H groups in total. The van der Waals surface area contributed by atoms with Crippen LogP contribution in [0.2, 0.25) is 0 Å². The van der Waals surface area contributed by atoms with Crippen LogP contribution in [0.15, 0.2) is 23.0 Å². The molecule has 0 aliphatic carbocycles. The molecule has 0 saturated carbocycles. The fourth-order valence-electron chi connectivity index (χ4n) is 4.62. The fraction of sp³-hybridized carbons (Fsp3) is 0.375. The van der Waals surface area contributed by atoms with Crippen LogP contribution in [0, 0.1) is 0 Å². The molecule has 0 amide bonds. The average Bonchev–Trinajstić information content (AvgIpc) is 3.38. The molecule has 0 bridgehead atoms. The summed E-state index contributed by atoms with van der Waals surface area (Å²) in [5.41, 5.74) is 4.62. The van der Waals surface area contributed by atoms with Gasteiger partial charge in [0.1, 0.15) is 6.61 Å². The SMILES string of the molecule is CC(O)c1cc2n(c(=O)c1COC=O)Cc1c-2nc2cc3c(cc2c1CCN(C)C)OCO3. The second-order valence-electron chi connectivity index (χ2n) is 8.63. The molecule has 4 heterocycles. The summed E-state index contributed by atoms with van der Waals surface area (Å²) < 4.78 is 17.7. The molecule has 9 nitrogen and oxygen atoms in total. The first kappa shape index (κ1) is 21.4. The molecular formula is C24H25N3O6. The monoisotopic (exact) mass is 451 g/mol. The number of carbonyl (C=O) groups is 1. The fourth-order valence-corrected chi connectivity index (χ4v) is 4.62. The maximum atomic E-state index is 13.4. The first-order valence-corrected chi connectivity index (χ1v) is 10.8. The number of aromatic nitrogens is 2. The molecule has 2 aliphatic rings. The van der Waals surface area contributed by atoms with Crippen molar-refractivity contribution in [2.24, 2.45) is 0 Å². The summed E-state index contributed by atoms with van der Waals surface area (Å²) in [5, 5.41) is 11.3. The number of likely N-dealkylation sites (N-methyl/N-ethyl adjacent to an activating group) is 1. The molecule has 0 radical (unpaired) electrons. The van der Waals surface area contributed by atoms with E-state index in [-0.39, 0.29) is 24.5 Å². The highest BCUT2D eigenvalue weighted by molar-refractivity contribution is 5.90. The number of carbonyl (C=O) groups excluding carboxylic acids is 1. The quantitative estimate of drug-likeness (QED) is 0.426. The van der Waals surface area contributed by atoms with Crippen LogP contribution in [-0.4, -0.2) is 53.5 Å². The van der Waals surface area contributed by atoms with Crippen molar-refractivity contribution in [3.8, 4) is 22.9 Å². The lowest BCUT2D eigenvalue weighted by atomic mass is 9.97. The topological polar surface area (TPSA) is 103 Å².